The molecule has 1 atom stereocenters. The minimum Gasteiger partial charge on any atom is -0.374 e. The number of aromatic nitrogens is 2. The van der Waals surface area contributed by atoms with E-state index in [1.807, 2.05) is 20.8 Å². The molecule has 2 amide bonds. The number of carbonyl (C=O) groups is 2. The summed E-state index contributed by atoms with van der Waals surface area (Å²) < 4.78 is 5.24. The van der Waals surface area contributed by atoms with E-state index in [1.54, 1.807) is 4.90 Å². The van der Waals surface area contributed by atoms with Crippen molar-refractivity contribution < 1.29 is 14.3 Å². The molecule has 0 aromatic carbocycles. The molecule has 21 heavy (non-hydrogen) atoms. The average Bonchev–Trinajstić information content (AvgIpc) is 3.03. The van der Waals surface area contributed by atoms with Gasteiger partial charge in [-0.05, 0) is 20.8 Å². The van der Waals surface area contributed by atoms with E-state index in [-0.39, 0.29) is 30.2 Å². The number of anilines is 1. The van der Waals surface area contributed by atoms with Crippen LogP contribution >= 0.6 is 11.3 Å². The number of hydrogen-bond acceptors (Lipinski definition) is 6. The van der Waals surface area contributed by atoms with Crippen LogP contribution in [-0.4, -0.2) is 46.1 Å². The summed E-state index contributed by atoms with van der Waals surface area (Å²) in [5.41, 5.74) is 0. The van der Waals surface area contributed by atoms with E-state index in [0.29, 0.717) is 24.9 Å². The Morgan fingerprint density at radius 3 is 2.90 bits per heavy atom. The maximum Gasteiger partial charge on any atom is 0.231 e. The monoisotopic (exact) mass is 312 g/mol. The Bertz CT molecular complexity index is 517. The van der Waals surface area contributed by atoms with Crippen LogP contribution in [-0.2, 0) is 20.9 Å². The number of hydrogen-bond donors (Lipinski definition) is 1. The van der Waals surface area contributed by atoms with E-state index >= 15 is 0 Å². The van der Waals surface area contributed by atoms with E-state index < -0.39 is 0 Å². The molecule has 8 heteroatoms. The van der Waals surface area contributed by atoms with Gasteiger partial charge in [0.1, 0.15) is 11.6 Å². The summed E-state index contributed by atoms with van der Waals surface area (Å²) in [6.07, 6.45) is 0.259. The van der Waals surface area contributed by atoms with E-state index in [1.165, 1.54) is 11.3 Å². The van der Waals surface area contributed by atoms with E-state index in [9.17, 15) is 9.59 Å². The Hall–Kier alpha value is -1.54. The normalized spacial score (nSPS) is 18.6. The number of likely N-dealkylation sites (tertiary alicyclic amines) is 1. The topological polar surface area (TPSA) is 84.4 Å². The summed E-state index contributed by atoms with van der Waals surface area (Å²) in [5, 5.41) is 11.8. The molecule has 1 aromatic rings. The molecule has 116 valence electrons. The summed E-state index contributed by atoms with van der Waals surface area (Å²) in [7, 11) is 0. The van der Waals surface area contributed by atoms with Crippen LogP contribution in [0.25, 0.3) is 0 Å². The van der Waals surface area contributed by atoms with Crippen LogP contribution in [0, 0.1) is 5.92 Å². The molecule has 0 spiro atoms. The number of nitrogens with zero attached hydrogens (tertiary/aromatic N) is 3. The summed E-state index contributed by atoms with van der Waals surface area (Å²) in [4.78, 5) is 25.7. The molecular weight excluding hydrogens is 292 g/mol. The van der Waals surface area contributed by atoms with Crippen molar-refractivity contribution in [2.45, 2.75) is 39.8 Å². The maximum atomic E-state index is 12.2. The van der Waals surface area contributed by atoms with Crippen LogP contribution in [0.2, 0.25) is 0 Å². The summed E-state index contributed by atoms with van der Waals surface area (Å²) >= 11 is 1.29. The number of nitrogens with one attached hydrogen (secondary N) is 1. The lowest BCUT2D eigenvalue weighted by atomic mass is 10.1. The lowest BCUT2D eigenvalue weighted by Gasteiger charge is -2.20. The summed E-state index contributed by atoms with van der Waals surface area (Å²) in [6, 6.07) is 0.120. The molecule has 0 bridgehead atoms. The first-order valence-electron chi connectivity index (χ1n) is 7.01. The Balaban J connectivity index is 1.90. The molecule has 1 aliphatic rings. The van der Waals surface area contributed by atoms with Crippen molar-refractivity contribution in [1.29, 1.82) is 0 Å². The third-order valence-electron chi connectivity index (χ3n) is 3.28. The van der Waals surface area contributed by atoms with E-state index in [4.69, 9.17) is 4.74 Å². The minimum absolute atomic E-state index is 0.0273. The van der Waals surface area contributed by atoms with Gasteiger partial charge in [0.2, 0.25) is 16.9 Å². The predicted octanol–water partition coefficient (Wildman–Crippen LogP) is 1.27. The fourth-order valence-corrected chi connectivity index (χ4v) is 2.85. The first kappa shape index (κ1) is 15.8. The maximum absolute atomic E-state index is 12.2. The van der Waals surface area contributed by atoms with Crippen molar-refractivity contribution >= 4 is 28.3 Å². The van der Waals surface area contributed by atoms with Crippen molar-refractivity contribution in [3.63, 3.8) is 0 Å². The zero-order valence-corrected chi connectivity index (χ0v) is 13.3. The van der Waals surface area contributed by atoms with Crippen LogP contribution in [0.15, 0.2) is 0 Å². The quantitative estimate of drug-likeness (QED) is 0.855. The highest BCUT2D eigenvalue weighted by molar-refractivity contribution is 7.15. The third-order valence-corrected chi connectivity index (χ3v) is 4.09. The Kier molecular flexibility index (Phi) is 5.24. The van der Waals surface area contributed by atoms with Gasteiger partial charge >= 0.3 is 0 Å². The van der Waals surface area contributed by atoms with Crippen LogP contribution in [0.4, 0.5) is 5.13 Å². The number of carbonyl (C=O) groups excluding carboxylic acids is 2. The molecule has 7 nitrogen and oxygen atoms in total. The molecule has 0 aliphatic carbocycles. The van der Waals surface area contributed by atoms with Crippen LogP contribution in [0.1, 0.15) is 32.2 Å². The number of amides is 2. The minimum atomic E-state index is -0.320. The Labute approximate surface area is 127 Å². The molecule has 1 N–H and O–H groups in total. The second-order valence-electron chi connectivity index (χ2n) is 5.17. The summed E-state index contributed by atoms with van der Waals surface area (Å²) in [5.74, 6) is -0.468. The lowest BCUT2D eigenvalue weighted by molar-refractivity contribution is -0.129. The van der Waals surface area contributed by atoms with Crippen molar-refractivity contribution in [2.75, 3.05) is 18.5 Å². The van der Waals surface area contributed by atoms with Gasteiger partial charge in [0.05, 0.1) is 5.92 Å². The SMILES string of the molecule is CCOCc1nnc(NC(=O)[C@@H]2CC(=O)N(C(C)C)C2)s1. The van der Waals surface area contributed by atoms with Gasteiger partial charge in [-0.1, -0.05) is 11.3 Å². The van der Waals surface area contributed by atoms with Gasteiger partial charge in [-0.25, -0.2) is 0 Å². The van der Waals surface area contributed by atoms with Gasteiger partial charge in [-0.3, -0.25) is 9.59 Å². The third kappa shape index (κ3) is 3.98. The zero-order chi connectivity index (χ0) is 15.4. The molecule has 0 saturated carbocycles. The van der Waals surface area contributed by atoms with Crippen LogP contribution in [0.3, 0.4) is 0 Å². The van der Waals surface area contributed by atoms with Gasteiger partial charge in [-0.15, -0.1) is 10.2 Å². The van der Waals surface area contributed by atoms with E-state index in [2.05, 4.69) is 15.5 Å². The molecule has 0 unspecified atom stereocenters. The Morgan fingerprint density at radius 2 is 2.29 bits per heavy atom. The van der Waals surface area contributed by atoms with Crippen molar-refractivity contribution in [3.05, 3.63) is 5.01 Å². The number of ether oxygens (including phenoxy) is 1. The van der Waals surface area contributed by atoms with Gasteiger partial charge in [-0.2, -0.15) is 0 Å². The highest BCUT2D eigenvalue weighted by Gasteiger charge is 2.35. The van der Waals surface area contributed by atoms with Crippen LogP contribution < -0.4 is 5.32 Å². The standard InChI is InChI=1S/C13H20N4O3S/c1-4-20-7-10-15-16-13(21-10)14-12(19)9-5-11(18)17(6-9)8(2)3/h8-9H,4-7H2,1-3H3,(H,14,16,19)/t9-/m1/s1. The molecule has 2 rings (SSSR count). The molecular formula is C13H20N4O3S. The lowest BCUT2D eigenvalue weighted by Crippen LogP contribution is -2.33. The van der Waals surface area contributed by atoms with Gasteiger partial charge in [0.25, 0.3) is 0 Å². The summed E-state index contributed by atoms with van der Waals surface area (Å²) in [6.45, 7) is 7.27. The Morgan fingerprint density at radius 1 is 1.52 bits per heavy atom. The number of rotatable bonds is 6. The second-order valence-corrected chi connectivity index (χ2v) is 6.23. The molecule has 1 fully saturated rings. The molecule has 1 aliphatic heterocycles. The first-order valence-corrected chi connectivity index (χ1v) is 7.83. The fourth-order valence-electron chi connectivity index (χ4n) is 2.17. The van der Waals surface area contributed by atoms with Gasteiger partial charge in [0.15, 0.2) is 0 Å². The average molecular weight is 312 g/mol. The molecule has 2 heterocycles. The smallest absolute Gasteiger partial charge is 0.231 e. The fraction of sp³-hybridized carbons (Fsp3) is 0.692. The second kappa shape index (κ2) is 6.95. The predicted molar refractivity (Wildman–Crippen MR) is 78.8 cm³/mol. The highest BCUT2D eigenvalue weighted by Crippen LogP contribution is 2.23. The van der Waals surface area contributed by atoms with E-state index in [0.717, 1.165) is 5.01 Å². The van der Waals surface area contributed by atoms with Crippen molar-refractivity contribution in [3.8, 4) is 0 Å². The highest BCUT2D eigenvalue weighted by atomic mass is 32.1. The molecule has 1 aromatic heterocycles. The molecule has 1 saturated heterocycles. The van der Waals surface area contributed by atoms with Gasteiger partial charge in [0, 0.05) is 25.6 Å². The molecule has 0 radical (unpaired) electrons. The van der Waals surface area contributed by atoms with Crippen molar-refractivity contribution in [1.82, 2.24) is 15.1 Å². The first-order chi connectivity index (χ1) is 10.0. The zero-order valence-electron chi connectivity index (χ0n) is 12.5. The largest absolute Gasteiger partial charge is 0.374 e. The van der Waals surface area contributed by atoms with Crippen LogP contribution in [0.5, 0.6) is 0 Å². The van der Waals surface area contributed by atoms with Crippen molar-refractivity contribution in [2.24, 2.45) is 5.92 Å². The van der Waals surface area contributed by atoms with Gasteiger partial charge < -0.3 is 15.0 Å².